The molecule has 0 unspecified atom stereocenters. The summed E-state index contributed by atoms with van der Waals surface area (Å²) in [6, 6.07) is 13.1. The van der Waals surface area contributed by atoms with Gasteiger partial charge < -0.3 is 15.0 Å². The second-order valence-electron chi connectivity index (χ2n) is 5.65. The number of carboxylic acids is 1. The van der Waals surface area contributed by atoms with Gasteiger partial charge in [0.2, 0.25) is 5.43 Å². The molecule has 0 bridgehead atoms. The number of rotatable bonds is 5. The highest BCUT2D eigenvalue weighted by atomic mass is 35.5. The number of benzene rings is 2. The van der Waals surface area contributed by atoms with E-state index in [0.717, 1.165) is 5.56 Å². The van der Waals surface area contributed by atoms with E-state index in [-0.39, 0.29) is 5.56 Å². The molecular weight excluding hydrogens is 340 g/mol. The Hall–Kier alpha value is -2.79. The van der Waals surface area contributed by atoms with Crippen LogP contribution < -0.4 is 10.7 Å². The van der Waals surface area contributed by atoms with Crippen LogP contribution >= 0.6 is 11.6 Å². The lowest BCUT2D eigenvalue weighted by Gasteiger charge is -2.14. The standard InChI is InChI=1S/C19H17ClN2O3/c1-2-22-11-14(19(24)25)18(23)13-8-16(15(20)9-17(13)22)21-10-12-6-4-3-5-7-12/h3-9,11,21H,2,10H2,1H3,(H,24,25). The topological polar surface area (TPSA) is 71.3 Å². The molecule has 0 saturated heterocycles. The third kappa shape index (κ3) is 3.37. The summed E-state index contributed by atoms with van der Waals surface area (Å²) in [6.45, 7) is 2.96. The van der Waals surface area contributed by atoms with Gasteiger partial charge in [-0.25, -0.2) is 4.79 Å². The normalized spacial score (nSPS) is 10.8. The Balaban J connectivity index is 2.09. The third-order valence-corrected chi connectivity index (χ3v) is 4.38. The lowest BCUT2D eigenvalue weighted by molar-refractivity contribution is 0.0695. The number of nitrogens with zero attached hydrogens (tertiary/aromatic N) is 1. The third-order valence-electron chi connectivity index (χ3n) is 4.07. The number of hydrogen-bond acceptors (Lipinski definition) is 3. The molecule has 0 atom stereocenters. The number of aryl methyl sites for hydroxylation is 1. The van der Waals surface area contributed by atoms with Crippen LogP contribution in [0.2, 0.25) is 5.02 Å². The molecule has 0 aliphatic heterocycles. The van der Waals surface area contributed by atoms with Gasteiger partial charge in [0.05, 0.1) is 16.2 Å². The highest BCUT2D eigenvalue weighted by molar-refractivity contribution is 6.34. The van der Waals surface area contributed by atoms with Gasteiger partial charge in [-0.05, 0) is 24.6 Å². The van der Waals surface area contributed by atoms with E-state index in [2.05, 4.69) is 5.32 Å². The zero-order valence-electron chi connectivity index (χ0n) is 13.6. The summed E-state index contributed by atoms with van der Waals surface area (Å²) in [6.07, 6.45) is 1.36. The number of aromatic carboxylic acids is 1. The summed E-state index contributed by atoms with van der Waals surface area (Å²) in [5, 5.41) is 13.3. The van der Waals surface area contributed by atoms with E-state index in [4.69, 9.17) is 11.6 Å². The summed E-state index contributed by atoms with van der Waals surface area (Å²) in [4.78, 5) is 23.9. The van der Waals surface area contributed by atoms with Gasteiger partial charge in [0.25, 0.3) is 0 Å². The molecule has 0 spiro atoms. The Morgan fingerprint density at radius 1 is 1.24 bits per heavy atom. The Labute approximate surface area is 149 Å². The molecule has 0 aliphatic rings. The van der Waals surface area contributed by atoms with E-state index in [1.165, 1.54) is 6.20 Å². The maximum atomic E-state index is 12.5. The van der Waals surface area contributed by atoms with Crippen molar-refractivity contribution in [2.24, 2.45) is 0 Å². The molecule has 2 aromatic carbocycles. The number of anilines is 1. The molecule has 1 aromatic heterocycles. The molecule has 3 aromatic rings. The minimum atomic E-state index is -1.23. The first-order chi connectivity index (χ1) is 12.0. The number of carboxylic acid groups (broad SMARTS) is 1. The monoisotopic (exact) mass is 356 g/mol. The number of hydrogen-bond donors (Lipinski definition) is 2. The zero-order valence-corrected chi connectivity index (χ0v) is 14.4. The van der Waals surface area contributed by atoms with Crippen molar-refractivity contribution in [1.82, 2.24) is 4.57 Å². The van der Waals surface area contributed by atoms with E-state index in [0.29, 0.717) is 34.7 Å². The Kier molecular flexibility index (Phi) is 4.76. The van der Waals surface area contributed by atoms with Crippen LogP contribution in [0.3, 0.4) is 0 Å². The Morgan fingerprint density at radius 3 is 2.60 bits per heavy atom. The van der Waals surface area contributed by atoms with Crippen LogP contribution in [-0.2, 0) is 13.1 Å². The zero-order chi connectivity index (χ0) is 18.0. The van der Waals surface area contributed by atoms with Gasteiger partial charge in [-0.2, -0.15) is 0 Å². The van der Waals surface area contributed by atoms with Gasteiger partial charge >= 0.3 is 5.97 Å². The number of aromatic nitrogens is 1. The second kappa shape index (κ2) is 6.99. The van der Waals surface area contributed by atoms with Gasteiger partial charge in [-0.15, -0.1) is 0 Å². The molecule has 6 heteroatoms. The minimum Gasteiger partial charge on any atom is -0.477 e. The predicted octanol–water partition coefficient (Wildman–Crippen LogP) is 3.99. The van der Waals surface area contributed by atoms with Crippen LogP contribution in [0.4, 0.5) is 5.69 Å². The van der Waals surface area contributed by atoms with Crippen molar-refractivity contribution in [3.8, 4) is 0 Å². The summed E-state index contributed by atoms with van der Waals surface area (Å²) < 4.78 is 1.72. The molecular formula is C19H17ClN2O3. The summed E-state index contributed by atoms with van der Waals surface area (Å²) in [7, 11) is 0. The van der Waals surface area contributed by atoms with E-state index >= 15 is 0 Å². The molecule has 2 N–H and O–H groups in total. The molecule has 0 amide bonds. The number of fused-ring (bicyclic) bond motifs is 1. The highest BCUT2D eigenvalue weighted by Crippen LogP contribution is 2.27. The molecule has 5 nitrogen and oxygen atoms in total. The second-order valence-corrected chi connectivity index (χ2v) is 6.06. The first-order valence-electron chi connectivity index (χ1n) is 7.89. The molecule has 3 rings (SSSR count). The van der Waals surface area contributed by atoms with Crippen molar-refractivity contribution < 1.29 is 9.90 Å². The van der Waals surface area contributed by atoms with Crippen molar-refractivity contribution in [2.45, 2.75) is 20.0 Å². The lowest BCUT2D eigenvalue weighted by Crippen LogP contribution is -2.19. The van der Waals surface area contributed by atoms with E-state index in [1.54, 1.807) is 16.7 Å². The number of carbonyl (C=O) groups is 1. The van der Waals surface area contributed by atoms with Crippen LogP contribution in [0.1, 0.15) is 22.8 Å². The van der Waals surface area contributed by atoms with Crippen molar-refractivity contribution in [3.05, 3.63) is 75.0 Å². The fourth-order valence-electron chi connectivity index (χ4n) is 2.75. The molecule has 128 valence electrons. The van der Waals surface area contributed by atoms with Gasteiger partial charge in [-0.3, -0.25) is 4.79 Å². The Morgan fingerprint density at radius 2 is 1.96 bits per heavy atom. The van der Waals surface area contributed by atoms with Crippen LogP contribution in [0.25, 0.3) is 10.9 Å². The van der Waals surface area contributed by atoms with Gasteiger partial charge in [0.15, 0.2) is 0 Å². The maximum Gasteiger partial charge on any atom is 0.341 e. The molecule has 1 heterocycles. The molecule has 0 fully saturated rings. The van der Waals surface area contributed by atoms with E-state index in [9.17, 15) is 14.7 Å². The van der Waals surface area contributed by atoms with Crippen molar-refractivity contribution >= 4 is 34.2 Å². The van der Waals surface area contributed by atoms with Gasteiger partial charge in [-0.1, -0.05) is 41.9 Å². The first-order valence-corrected chi connectivity index (χ1v) is 8.27. The SMILES string of the molecule is CCn1cc(C(=O)O)c(=O)c2cc(NCc3ccccc3)c(Cl)cc21. The molecule has 0 radical (unpaired) electrons. The van der Waals surface area contributed by atoms with Crippen molar-refractivity contribution in [3.63, 3.8) is 0 Å². The highest BCUT2D eigenvalue weighted by Gasteiger charge is 2.16. The van der Waals surface area contributed by atoms with Crippen LogP contribution in [0, 0.1) is 0 Å². The predicted molar refractivity (Wildman–Crippen MR) is 99.6 cm³/mol. The lowest BCUT2D eigenvalue weighted by atomic mass is 10.1. The molecule has 0 aliphatic carbocycles. The smallest absolute Gasteiger partial charge is 0.341 e. The summed E-state index contributed by atoms with van der Waals surface area (Å²) >= 11 is 6.36. The van der Waals surface area contributed by atoms with Crippen molar-refractivity contribution in [1.29, 1.82) is 0 Å². The minimum absolute atomic E-state index is 0.245. The quantitative estimate of drug-likeness (QED) is 0.725. The van der Waals surface area contributed by atoms with E-state index < -0.39 is 11.4 Å². The van der Waals surface area contributed by atoms with Crippen LogP contribution in [0.5, 0.6) is 0 Å². The van der Waals surface area contributed by atoms with Crippen LogP contribution in [0.15, 0.2) is 53.5 Å². The van der Waals surface area contributed by atoms with E-state index in [1.807, 2.05) is 37.3 Å². The van der Waals surface area contributed by atoms with Crippen molar-refractivity contribution in [2.75, 3.05) is 5.32 Å². The fourth-order valence-corrected chi connectivity index (χ4v) is 2.98. The van der Waals surface area contributed by atoms with Gasteiger partial charge in [0.1, 0.15) is 5.56 Å². The van der Waals surface area contributed by atoms with Gasteiger partial charge in [0, 0.05) is 24.7 Å². The van der Waals surface area contributed by atoms with Crippen LogP contribution in [-0.4, -0.2) is 15.6 Å². The average molecular weight is 357 g/mol. The number of pyridine rings is 1. The summed E-state index contributed by atoms with van der Waals surface area (Å²) in [5.74, 6) is -1.23. The largest absolute Gasteiger partial charge is 0.477 e. The maximum absolute atomic E-state index is 12.5. The molecule has 0 saturated carbocycles. The number of halogens is 1. The number of nitrogens with one attached hydrogen (secondary N) is 1. The molecule has 25 heavy (non-hydrogen) atoms. The first kappa shape index (κ1) is 17.0. The summed E-state index contributed by atoms with van der Waals surface area (Å²) in [5.41, 5.74) is 1.54. The average Bonchev–Trinajstić information content (AvgIpc) is 2.61. The Bertz CT molecular complexity index is 997. The fraction of sp³-hybridized carbons (Fsp3) is 0.158.